The number of carbonyl (C=O) groups is 6. The lowest BCUT2D eigenvalue weighted by Gasteiger charge is -2.22. The number of esters is 2. The Morgan fingerprint density at radius 2 is 1.03 bits per heavy atom. The molecule has 2 unspecified atom stereocenters. The number of aliphatic hydroxyl groups excluding tert-OH is 2. The molecule has 0 fully saturated rings. The van der Waals surface area contributed by atoms with Crippen LogP contribution in [0.2, 0.25) is 0 Å². The molecule has 16 heteroatoms. The Morgan fingerprint density at radius 3 is 1.39 bits per heavy atom. The number of aryl methyl sites for hydroxylation is 2. The van der Waals surface area contributed by atoms with Gasteiger partial charge in [0.2, 0.25) is 0 Å². The van der Waals surface area contributed by atoms with E-state index >= 15 is 0 Å². The van der Waals surface area contributed by atoms with Crippen LogP contribution in [0.5, 0.6) is 11.5 Å². The summed E-state index contributed by atoms with van der Waals surface area (Å²) in [7, 11) is 0. The number of nitrogens with two attached hydrogens (primary N) is 1. The Bertz CT molecular complexity index is 2140. The molecule has 0 aliphatic carbocycles. The Labute approximate surface area is 380 Å². The first-order valence-corrected chi connectivity index (χ1v) is 20.9. The Morgan fingerprint density at radius 1 is 0.641 bits per heavy atom. The van der Waals surface area contributed by atoms with Crippen molar-refractivity contribution >= 4 is 46.6 Å². The number of carboxylic acids is 2. The zero-order valence-electron chi connectivity index (χ0n) is 37.9. The zero-order chi connectivity index (χ0) is 48.7. The molecule has 4 aromatic rings. The van der Waals surface area contributed by atoms with Crippen LogP contribution in [-0.4, -0.2) is 104 Å². The summed E-state index contributed by atoms with van der Waals surface area (Å²) in [6.07, 6.45) is -2.78. The van der Waals surface area contributed by atoms with Gasteiger partial charge in [0.05, 0.1) is 6.04 Å². The summed E-state index contributed by atoms with van der Waals surface area (Å²) in [5.74, 6) is -3.56. The van der Waals surface area contributed by atoms with Crippen LogP contribution in [0.4, 0.5) is 0 Å². The van der Waals surface area contributed by atoms with Gasteiger partial charge in [-0.05, 0) is 118 Å². The average Bonchev–Trinajstić information content (AvgIpc) is 3.23. The van der Waals surface area contributed by atoms with Gasteiger partial charge in [-0.15, -0.1) is 0 Å². The van der Waals surface area contributed by atoms with Gasteiger partial charge in [0.1, 0.15) is 11.5 Å². The topological polar surface area (TPSA) is 243 Å². The quantitative estimate of drug-likeness (QED) is 0.0431. The van der Waals surface area contributed by atoms with Crippen molar-refractivity contribution in [1.29, 1.82) is 0 Å². The van der Waals surface area contributed by atoms with E-state index in [1.165, 1.54) is 33.5 Å². The SMILES string of the molecule is CC(=O)Oc1cc(C)cc(C(=O)Cl)c1C.CC(=O)Oc1cc(C)cc(C(=O)NC(Cc2ccccc2)[C@H](O)C(=O)O)c1C.CCN(CC)CC.NC(Cc1ccccc1)[C@H](O)C(=O)O. The maximum atomic E-state index is 12.8. The molecule has 348 valence electrons. The standard InChI is InChI=1S/C21H23NO6.C11H11ClO3.C10H13NO3.C6H15N/c1-12-9-16(13(2)18(10-12)28-14(3)23)20(25)22-17(19(24)21(26)27)11-15-7-5-4-6-8-15;1-6-4-9(11(12)14)7(2)10(5-6)15-8(3)13;11-8(9(12)10(13)14)6-7-4-2-1-3-5-7;1-4-7(5-2)6-3/h4-10,17,19,24H,11H2,1-3H3,(H,22,25)(H,26,27);4-5H,1-3H3;1-5,8-9,12H,6,11H2,(H,13,14);4-6H2,1-3H3/t17?,19-;;8?,9-;/m0.0./s1. The fourth-order valence-electron chi connectivity index (χ4n) is 5.99. The van der Waals surface area contributed by atoms with Gasteiger partial charge in [-0.1, -0.05) is 81.4 Å². The number of amides is 1. The van der Waals surface area contributed by atoms with Crippen molar-refractivity contribution in [2.24, 2.45) is 5.73 Å². The molecule has 0 saturated heterocycles. The number of aliphatic carboxylic acids is 2. The summed E-state index contributed by atoms with van der Waals surface area (Å²) in [6, 6.07) is 23.0. The molecule has 0 heterocycles. The molecule has 0 spiro atoms. The minimum absolute atomic E-state index is 0.141. The van der Waals surface area contributed by atoms with Crippen LogP contribution in [0, 0.1) is 27.7 Å². The monoisotopic (exact) mass is 907 g/mol. The van der Waals surface area contributed by atoms with Gasteiger partial charge in [0.15, 0.2) is 12.2 Å². The average molecular weight is 908 g/mol. The van der Waals surface area contributed by atoms with E-state index in [1.54, 1.807) is 76.2 Å². The molecule has 4 aromatic carbocycles. The van der Waals surface area contributed by atoms with E-state index in [4.69, 9.17) is 37.0 Å². The number of carbonyl (C=O) groups excluding carboxylic acids is 4. The zero-order valence-corrected chi connectivity index (χ0v) is 38.6. The highest BCUT2D eigenvalue weighted by Gasteiger charge is 2.29. The van der Waals surface area contributed by atoms with E-state index in [0.29, 0.717) is 34.4 Å². The number of nitrogens with zero attached hydrogens (tertiary/aromatic N) is 1. The predicted molar refractivity (Wildman–Crippen MR) is 245 cm³/mol. The Balaban J connectivity index is 0.000000479. The van der Waals surface area contributed by atoms with Crippen LogP contribution >= 0.6 is 11.6 Å². The maximum absolute atomic E-state index is 12.8. The summed E-state index contributed by atoms with van der Waals surface area (Å²) < 4.78 is 10.1. The number of carboxylic acid groups (broad SMARTS) is 2. The van der Waals surface area contributed by atoms with Crippen LogP contribution in [0.25, 0.3) is 0 Å². The van der Waals surface area contributed by atoms with E-state index in [0.717, 1.165) is 16.7 Å². The van der Waals surface area contributed by atoms with Gasteiger partial charge in [-0.25, -0.2) is 9.59 Å². The van der Waals surface area contributed by atoms with Gasteiger partial charge in [-0.3, -0.25) is 19.2 Å². The summed E-state index contributed by atoms with van der Waals surface area (Å²) in [4.78, 5) is 70.1. The molecule has 4 atom stereocenters. The summed E-state index contributed by atoms with van der Waals surface area (Å²) >= 11 is 5.41. The molecule has 0 aromatic heterocycles. The molecule has 7 N–H and O–H groups in total. The van der Waals surface area contributed by atoms with E-state index in [9.17, 15) is 39.0 Å². The van der Waals surface area contributed by atoms with E-state index < -0.39 is 59.3 Å². The van der Waals surface area contributed by atoms with Crippen LogP contribution in [-0.2, 0) is 32.0 Å². The van der Waals surface area contributed by atoms with Gasteiger partial charge in [0, 0.05) is 42.1 Å². The third kappa shape index (κ3) is 20.0. The number of nitrogens with one attached hydrogen (secondary N) is 1. The lowest BCUT2D eigenvalue weighted by molar-refractivity contribution is -0.148. The van der Waals surface area contributed by atoms with Crippen molar-refractivity contribution in [2.45, 2.75) is 99.4 Å². The Kier molecular flexibility index (Phi) is 25.1. The Hall–Kier alpha value is -5.97. The van der Waals surface area contributed by atoms with Gasteiger partial charge < -0.3 is 45.9 Å². The first kappa shape index (κ1) is 56.0. The number of aliphatic hydroxyl groups is 2. The molecule has 1 amide bonds. The lowest BCUT2D eigenvalue weighted by atomic mass is 9.99. The molecule has 0 aliphatic rings. The van der Waals surface area contributed by atoms with E-state index in [1.807, 2.05) is 36.4 Å². The summed E-state index contributed by atoms with van der Waals surface area (Å²) in [5.41, 5.74) is 10.4. The normalized spacial score (nSPS) is 12.2. The van der Waals surface area contributed by atoms with Gasteiger partial charge in [0.25, 0.3) is 11.1 Å². The number of hydrogen-bond acceptors (Lipinski definition) is 12. The fraction of sp³-hybridized carbons (Fsp3) is 0.375. The van der Waals surface area contributed by atoms with Crippen molar-refractivity contribution in [3.8, 4) is 11.5 Å². The largest absolute Gasteiger partial charge is 0.479 e. The van der Waals surface area contributed by atoms with E-state index in [-0.39, 0.29) is 17.7 Å². The molecule has 4 rings (SSSR count). The second-order valence-corrected chi connectivity index (χ2v) is 15.0. The van der Waals surface area contributed by atoms with Crippen LogP contribution in [0.3, 0.4) is 0 Å². The van der Waals surface area contributed by atoms with Crippen molar-refractivity contribution in [3.63, 3.8) is 0 Å². The first-order chi connectivity index (χ1) is 30.1. The summed E-state index contributed by atoms with van der Waals surface area (Å²) in [5, 5.41) is 38.9. The number of ether oxygens (including phenoxy) is 2. The van der Waals surface area contributed by atoms with Gasteiger partial charge >= 0.3 is 23.9 Å². The highest BCUT2D eigenvalue weighted by atomic mass is 35.5. The van der Waals surface area contributed by atoms with Crippen molar-refractivity contribution in [2.75, 3.05) is 19.6 Å². The molecule has 15 nitrogen and oxygen atoms in total. The molecular formula is C48H62ClN3O12. The molecule has 0 saturated carbocycles. The highest BCUT2D eigenvalue weighted by Crippen LogP contribution is 2.26. The number of rotatable bonds is 16. The van der Waals surface area contributed by atoms with Gasteiger partial charge in [-0.2, -0.15) is 0 Å². The maximum Gasteiger partial charge on any atom is 0.334 e. The third-order valence-corrected chi connectivity index (χ3v) is 9.74. The van der Waals surface area contributed by atoms with E-state index in [2.05, 4.69) is 31.0 Å². The smallest absolute Gasteiger partial charge is 0.334 e. The molecule has 0 bridgehead atoms. The van der Waals surface area contributed by atoms with Crippen LogP contribution in [0.1, 0.15) is 88.7 Å². The number of hydrogen-bond donors (Lipinski definition) is 6. The van der Waals surface area contributed by atoms with Crippen molar-refractivity contribution in [3.05, 3.63) is 129 Å². The molecule has 0 radical (unpaired) electrons. The molecule has 64 heavy (non-hydrogen) atoms. The second-order valence-electron chi connectivity index (χ2n) is 14.6. The minimum atomic E-state index is -1.78. The predicted octanol–water partition coefficient (Wildman–Crippen LogP) is 5.97. The van der Waals surface area contributed by atoms with Crippen LogP contribution < -0.4 is 20.5 Å². The van der Waals surface area contributed by atoms with Crippen LogP contribution in [0.15, 0.2) is 84.9 Å². The lowest BCUT2D eigenvalue weighted by Crippen LogP contribution is -2.48. The fourth-order valence-corrected chi connectivity index (χ4v) is 6.19. The number of halogens is 1. The highest BCUT2D eigenvalue weighted by molar-refractivity contribution is 6.68. The van der Waals surface area contributed by atoms with Crippen molar-refractivity contribution in [1.82, 2.24) is 10.2 Å². The molecule has 0 aliphatic heterocycles. The summed E-state index contributed by atoms with van der Waals surface area (Å²) in [6.45, 7) is 19.6. The third-order valence-electron chi connectivity index (χ3n) is 9.54. The minimum Gasteiger partial charge on any atom is -0.479 e. The first-order valence-electron chi connectivity index (χ1n) is 20.5. The molecular weight excluding hydrogens is 846 g/mol. The van der Waals surface area contributed by atoms with Crippen molar-refractivity contribution < 1.29 is 58.7 Å². The second kappa shape index (κ2) is 28.7. The number of benzene rings is 4.